The molecule has 1 aromatic rings. The van der Waals surface area contributed by atoms with Gasteiger partial charge in [0, 0.05) is 18.8 Å². The maximum Gasteiger partial charge on any atom is 0.250 e. The highest BCUT2D eigenvalue weighted by Crippen LogP contribution is 2.03. The van der Waals surface area contributed by atoms with Crippen LogP contribution in [0.1, 0.15) is 0 Å². The van der Waals surface area contributed by atoms with Crippen LogP contribution in [0, 0.1) is 0 Å². The summed E-state index contributed by atoms with van der Waals surface area (Å²) in [6, 6.07) is 9.66. The Bertz CT molecular complexity index is 239. The fourth-order valence-corrected chi connectivity index (χ4v) is 1.06. The van der Waals surface area contributed by atoms with Crippen molar-refractivity contribution in [2.75, 3.05) is 25.0 Å². The fraction of sp³-hybridized carbons (Fsp3) is 0.400. The molecule has 0 heterocycles. The third-order valence-corrected chi connectivity index (χ3v) is 1.70. The normalized spacial score (nSPS) is 10.5. The van der Waals surface area contributed by atoms with Gasteiger partial charge in [-0.1, -0.05) is 18.2 Å². The number of hydrogen-bond acceptors (Lipinski definition) is 2. The summed E-state index contributed by atoms with van der Waals surface area (Å²) in [6.07, 6.45) is -2.27. The summed E-state index contributed by atoms with van der Waals surface area (Å²) in [5.41, 5.74) is 1.01. The Kier molecular flexibility index (Phi) is 4.93. The molecule has 2 nitrogen and oxygen atoms in total. The van der Waals surface area contributed by atoms with Crippen molar-refractivity contribution in [3.63, 3.8) is 0 Å². The molecule has 0 fully saturated rings. The Morgan fingerprint density at radius 2 is 1.79 bits per heavy atom. The van der Waals surface area contributed by atoms with Gasteiger partial charge in [0.05, 0.1) is 6.54 Å². The van der Waals surface area contributed by atoms with Gasteiger partial charge in [-0.05, 0) is 12.1 Å². The van der Waals surface area contributed by atoms with Crippen molar-refractivity contribution in [2.24, 2.45) is 0 Å². The fourth-order valence-electron chi connectivity index (χ4n) is 1.06. The lowest BCUT2D eigenvalue weighted by molar-refractivity contribution is 0.146. The summed E-state index contributed by atoms with van der Waals surface area (Å²) >= 11 is 0. The summed E-state index contributed by atoms with van der Waals surface area (Å²) in [5.74, 6) is 0. The van der Waals surface area contributed by atoms with E-state index >= 15 is 0 Å². The van der Waals surface area contributed by atoms with Gasteiger partial charge in [-0.25, -0.2) is 8.78 Å². The Morgan fingerprint density at radius 3 is 2.43 bits per heavy atom. The van der Waals surface area contributed by atoms with E-state index in [2.05, 4.69) is 10.6 Å². The molecular weight excluding hydrogens is 186 g/mol. The number of anilines is 1. The standard InChI is InChI=1S/C10H14F2N2/c11-10(12)8-13-6-7-14-9-4-2-1-3-5-9/h1-5,10,13-14H,6-8H2. The number of halogens is 2. The van der Waals surface area contributed by atoms with Crippen molar-refractivity contribution in [3.05, 3.63) is 30.3 Å². The smallest absolute Gasteiger partial charge is 0.250 e. The topological polar surface area (TPSA) is 24.1 Å². The second-order valence-corrected chi connectivity index (χ2v) is 2.89. The molecule has 0 saturated carbocycles. The van der Waals surface area contributed by atoms with E-state index in [9.17, 15) is 8.78 Å². The number of rotatable bonds is 6. The molecule has 0 aliphatic rings. The molecule has 0 radical (unpaired) electrons. The van der Waals surface area contributed by atoms with Crippen LogP contribution in [0.15, 0.2) is 30.3 Å². The Labute approximate surface area is 82.3 Å². The molecule has 0 bridgehead atoms. The van der Waals surface area contributed by atoms with Crippen molar-refractivity contribution < 1.29 is 8.78 Å². The zero-order valence-corrected chi connectivity index (χ0v) is 7.84. The minimum Gasteiger partial charge on any atom is -0.384 e. The average molecular weight is 200 g/mol. The zero-order valence-electron chi connectivity index (χ0n) is 7.84. The highest BCUT2D eigenvalue weighted by atomic mass is 19.3. The van der Waals surface area contributed by atoms with Gasteiger partial charge < -0.3 is 10.6 Å². The van der Waals surface area contributed by atoms with Crippen LogP contribution in [0.2, 0.25) is 0 Å². The van der Waals surface area contributed by atoms with Gasteiger partial charge in [-0.2, -0.15) is 0 Å². The van der Waals surface area contributed by atoms with Crippen LogP contribution in [-0.4, -0.2) is 26.1 Å². The van der Waals surface area contributed by atoms with E-state index in [4.69, 9.17) is 0 Å². The van der Waals surface area contributed by atoms with Crippen LogP contribution in [0.4, 0.5) is 14.5 Å². The molecule has 0 unspecified atom stereocenters. The molecule has 2 N–H and O–H groups in total. The molecule has 0 aliphatic carbocycles. The molecule has 14 heavy (non-hydrogen) atoms. The maximum atomic E-state index is 11.7. The Hall–Kier alpha value is -1.16. The second-order valence-electron chi connectivity index (χ2n) is 2.89. The molecule has 0 saturated heterocycles. The van der Waals surface area contributed by atoms with E-state index < -0.39 is 6.43 Å². The van der Waals surface area contributed by atoms with E-state index in [1.54, 1.807) is 0 Å². The average Bonchev–Trinajstić information content (AvgIpc) is 2.18. The van der Waals surface area contributed by atoms with E-state index in [1.165, 1.54) is 0 Å². The minimum atomic E-state index is -2.27. The summed E-state index contributed by atoms with van der Waals surface area (Å²) in [7, 11) is 0. The first-order valence-electron chi connectivity index (χ1n) is 4.57. The minimum absolute atomic E-state index is 0.240. The van der Waals surface area contributed by atoms with Crippen LogP contribution in [0.5, 0.6) is 0 Å². The third-order valence-electron chi connectivity index (χ3n) is 1.70. The molecule has 0 amide bonds. The Morgan fingerprint density at radius 1 is 1.07 bits per heavy atom. The van der Waals surface area contributed by atoms with Crippen molar-refractivity contribution in [1.82, 2.24) is 5.32 Å². The number of benzene rings is 1. The van der Waals surface area contributed by atoms with Gasteiger partial charge in [0.15, 0.2) is 0 Å². The molecule has 78 valence electrons. The van der Waals surface area contributed by atoms with Gasteiger partial charge in [0.1, 0.15) is 0 Å². The van der Waals surface area contributed by atoms with E-state index in [-0.39, 0.29) is 6.54 Å². The number of hydrogen-bond donors (Lipinski definition) is 2. The van der Waals surface area contributed by atoms with Gasteiger partial charge in [-0.3, -0.25) is 0 Å². The summed E-state index contributed by atoms with van der Waals surface area (Å²) in [4.78, 5) is 0. The van der Waals surface area contributed by atoms with Crippen LogP contribution in [-0.2, 0) is 0 Å². The second kappa shape index (κ2) is 6.32. The molecule has 1 rings (SSSR count). The van der Waals surface area contributed by atoms with Crippen molar-refractivity contribution >= 4 is 5.69 Å². The molecule has 0 aliphatic heterocycles. The lowest BCUT2D eigenvalue weighted by atomic mass is 10.3. The number of para-hydroxylation sites is 1. The van der Waals surface area contributed by atoms with Crippen molar-refractivity contribution in [3.8, 4) is 0 Å². The molecule has 1 aromatic carbocycles. The van der Waals surface area contributed by atoms with Crippen LogP contribution in [0.3, 0.4) is 0 Å². The highest BCUT2D eigenvalue weighted by molar-refractivity contribution is 5.42. The molecule has 0 atom stereocenters. The quantitative estimate of drug-likeness (QED) is 0.686. The van der Waals surface area contributed by atoms with Gasteiger partial charge in [0.25, 0.3) is 6.43 Å². The lowest BCUT2D eigenvalue weighted by Crippen LogP contribution is -2.26. The maximum absolute atomic E-state index is 11.7. The van der Waals surface area contributed by atoms with Crippen LogP contribution in [0.25, 0.3) is 0 Å². The van der Waals surface area contributed by atoms with Crippen LogP contribution < -0.4 is 10.6 Å². The third kappa shape index (κ3) is 4.77. The van der Waals surface area contributed by atoms with Crippen LogP contribution >= 0.6 is 0 Å². The van der Waals surface area contributed by atoms with Gasteiger partial charge in [0.2, 0.25) is 0 Å². The first-order chi connectivity index (χ1) is 6.79. The van der Waals surface area contributed by atoms with E-state index in [1.807, 2.05) is 30.3 Å². The molecule has 0 spiro atoms. The first-order valence-corrected chi connectivity index (χ1v) is 4.57. The predicted molar refractivity (Wildman–Crippen MR) is 53.8 cm³/mol. The van der Waals surface area contributed by atoms with E-state index in [0.29, 0.717) is 13.1 Å². The number of alkyl halides is 2. The van der Waals surface area contributed by atoms with E-state index in [0.717, 1.165) is 5.69 Å². The zero-order chi connectivity index (χ0) is 10.2. The van der Waals surface area contributed by atoms with Gasteiger partial charge >= 0.3 is 0 Å². The molecule has 4 heteroatoms. The van der Waals surface area contributed by atoms with Crippen molar-refractivity contribution in [2.45, 2.75) is 6.43 Å². The SMILES string of the molecule is FC(F)CNCCNc1ccccc1. The number of nitrogens with one attached hydrogen (secondary N) is 2. The lowest BCUT2D eigenvalue weighted by Gasteiger charge is -2.06. The predicted octanol–water partition coefficient (Wildman–Crippen LogP) is 1.95. The summed E-state index contributed by atoms with van der Waals surface area (Å²) < 4.78 is 23.4. The first kappa shape index (κ1) is 10.9. The summed E-state index contributed by atoms with van der Waals surface area (Å²) in [6.45, 7) is 0.951. The molecular formula is C10H14F2N2. The summed E-state index contributed by atoms with van der Waals surface area (Å²) in [5, 5.41) is 5.75. The largest absolute Gasteiger partial charge is 0.384 e. The van der Waals surface area contributed by atoms with Gasteiger partial charge in [-0.15, -0.1) is 0 Å². The highest BCUT2D eigenvalue weighted by Gasteiger charge is 1.99. The van der Waals surface area contributed by atoms with Crippen molar-refractivity contribution in [1.29, 1.82) is 0 Å². The monoisotopic (exact) mass is 200 g/mol. The Balaban J connectivity index is 2.05. The molecule has 0 aromatic heterocycles.